The SMILES string of the molecule is C[C@H]1OC(=O)C(C2COC2)N(C)C(=O)[C@H](C)[C@H](O)[C@H](Cc2c(F)nc(F)c(F)c2F)NC(=O)[C@H]1NC(=O)c1ncccc1O. The maximum absolute atomic E-state index is 14.6. The molecular formula is C27H29F4N5O8. The van der Waals surface area contributed by atoms with Crippen LogP contribution in [0.4, 0.5) is 17.6 Å². The molecule has 2 aliphatic heterocycles. The summed E-state index contributed by atoms with van der Waals surface area (Å²) >= 11 is 0. The average Bonchev–Trinajstić information content (AvgIpc) is 2.95. The first kappa shape index (κ1) is 32.5. The van der Waals surface area contributed by atoms with Crippen LogP contribution in [0, 0.1) is 35.4 Å². The number of cyclic esters (lactones) is 1. The predicted octanol–water partition coefficient (Wildman–Crippen LogP) is -0.0198. The summed E-state index contributed by atoms with van der Waals surface area (Å²) in [5.41, 5.74) is -1.64. The van der Waals surface area contributed by atoms with Gasteiger partial charge in [0.2, 0.25) is 23.6 Å². The minimum absolute atomic E-state index is 0.0760. The molecule has 6 atom stereocenters. The van der Waals surface area contributed by atoms with E-state index < -0.39 is 113 Å². The molecule has 4 N–H and O–H groups in total. The number of ether oxygens (including phenoxy) is 2. The van der Waals surface area contributed by atoms with Crippen LogP contribution in [0.2, 0.25) is 0 Å². The third-order valence-corrected chi connectivity index (χ3v) is 7.61. The lowest BCUT2D eigenvalue weighted by molar-refractivity contribution is -0.173. The summed E-state index contributed by atoms with van der Waals surface area (Å²) in [6.07, 6.45) is -3.24. The summed E-state index contributed by atoms with van der Waals surface area (Å²) in [7, 11) is 1.27. The third kappa shape index (κ3) is 6.42. The van der Waals surface area contributed by atoms with Crippen molar-refractivity contribution in [3.05, 3.63) is 53.1 Å². The number of carbonyl (C=O) groups excluding carboxylic acids is 4. The second kappa shape index (κ2) is 13.1. The van der Waals surface area contributed by atoms with Gasteiger partial charge in [0.05, 0.1) is 31.3 Å². The van der Waals surface area contributed by atoms with Gasteiger partial charge in [0.1, 0.15) is 23.9 Å². The highest BCUT2D eigenvalue weighted by Crippen LogP contribution is 2.26. The van der Waals surface area contributed by atoms with E-state index in [-0.39, 0.29) is 13.2 Å². The number of esters is 1. The van der Waals surface area contributed by atoms with Crippen LogP contribution in [-0.4, -0.2) is 99.4 Å². The first-order valence-corrected chi connectivity index (χ1v) is 13.4. The maximum Gasteiger partial charge on any atom is 0.329 e. The minimum Gasteiger partial charge on any atom is -0.505 e. The van der Waals surface area contributed by atoms with Gasteiger partial charge >= 0.3 is 5.97 Å². The Labute approximate surface area is 247 Å². The number of aromatic nitrogens is 2. The number of amides is 3. The van der Waals surface area contributed by atoms with E-state index in [0.717, 1.165) is 11.0 Å². The molecule has 2 aliphatic rings. The van der Waals surface area contributed by atoms with E-state index in [4.69, 9.17) is 9.47 Å². The van der Waals surface area contributed by atoms with Crippen LogP contribution in [0.15, 0.2) is 18.3 Å². The van der Waals surface area contributed by atoms with Gasteiger partial charge in [0.15, 0.2) is 11.5 Å². The molecule has 2 saturated heterocycles. The summed E-state index contributed by atoms with van der Waals surface area (Å²) in [6, 6.07) is -2.30. The number of carbonyl (C=O) groups is 4. The molecule has 2 fully saturated rings. The van der Waals surface area contributed by atoms with E-state index in [1.165, 1.54) is 33.2 Å². The van der Waals surface area contributed by atoms with Crippen molar-refractivity contribution in [2.45, 2.75) is 50.6 Å². The molecule has 0 aromatic carbocycles. The van der Waals surface area contributed by atoms with Crippen LogP contribution in [0.5, 0.6) is 5.75 Å². The van der Waals surface area contributed by atoms with Gasteiger partial charge in [-0.1, -0.05) is 6.92 Å². The van der Waals surface area contributed by atoms with Crippen molar-refractivity contribution in [2.75, 3.05) is 20.3 Å². The summed E-state index contributed by atoms with van der Waals surface area (Å²) in [4.78, 5) is 60.8. The van der Waals surface area contributed by atoms with Crippen molar-refractivity contribution in [1.82, 2.24) is 25.5 Å². The molecule has 4 rings (SSSR count). The van der Waals surface area contributed by atoms with Crippen molar-refractivity contribution in [1.29, 1.82) is 0 Å². The van der Waals surface area contributed by atoms with Gasteiger partial charge in [0.25, 0.3) is 11.9 Å². The molecule has 13 nitrogen and oxygen atoms in total. The number of nitrogens with zero attached hydrogens (tertiary/aromatic N) is 3. The standard InChI is InChI=1S/C27H29F4N5O8/c1-10-21(38)14(7-13-16(28)17(29)23(31)35-22(13)30)33-24(39)18(34-25(40)19-15(37)5-4-6-32-19)11(2)44-27(42)20(12-8-43-9-12)36(3)26(10)41/h4-6,10-12,14,18,20-21,37-38H,7-9H2,1-3H3,(H,33,39)(H,34,40)/t10-,11-,14+,18+,20?,21+/m1/s1. The van der Waals surface area contributed by atoms with Crippen molar-refractivity contribution in [2.24, 2.45) is 11.8 Å². The fourth-order valence-electron chi connectivity index (χ4n) is 4.99. The zero-order chi connectivity index (χ0) is 32.5. The van der Waals surface area contributed by atoms with E-state index >= 15 is 0 Å². The minimum atomic E-state index is -2.11. The van der Waals surface area contributed by atoms with Crippen LogP contribution in [-0.2, 0) is 30.3 Å². The van der Waals surface area contributed by atoms with Crippen molar-refractivity contribution in [3.8, 4) is 5.75 Å². The first-order valence-electron chi connectivity index (χ1n) is 13.4. The zero-order valence-corrected chi connectivity index (χ0v) is 23.6. The van der Waals surface area contributed by atoms with Gasteiger partial charge in [-0.25, -0.2) is 14.2 Å². The molecule has 0 aliphatic carbocycles. The molecule has 0 radical (unpaired) electrons. The Morgan fingerprint density at radius 1 is 1.14 bits per heavy atom. The Balaban J connectivity index is 1.76. The molecule has 44 heavy (non-hydrogen) atoms. The lowest BCUT2D eigenvalue weighted by atomic mass is 9.89. The van der Waals surface area contributed by atoms with E-state index in [1.54, 1.807) is 0 Å². The number of halogens is 4. The summed E-state index contributed by atoms with van der Waals surface area (Å²) in [6.45, 7) is 2.60. The van der Waals surface area contributed by atoms with Gasteiger partial charge in [-0.15, -0.1) is 0 Å². The Morgan fingerprint density at radius 3 is 2.43 bits per heavy atom. The van der Waals surface area contributed by atoms with Gasteiger partial charge in [-0.3, -0.25) is 14.4 Å². The molecule has 2 aromatic heterocycles. The number of likely N-dealkylation sites (N-methyl/N-ethyl adjacent to an activating group) is 1. The second-order valence-electron chi connectivity index (χ2n) is 10.6. The Bertz CT molecular complexity index is 1460. The number of nitrogens with one attached hydrogen (secondary N) is 2. The number of aliphatic hydroxyl groups is 1. The molecule has 17 heteroatoms. The van der Waals surface area contributed by atoms with Gasteiger partial charge in [-0.2, -0.15) is 18.2 Å². The Hall–Kier alpha value is -4.38. The monoisotopic (exact) mass is 627 g/mol. The molecule has 3 amide bonds. The number of hydrogen-bond acceptors (Lipinski definition) is 10. The second-order valence-corrected chi connectivity index (χ2v) is 10.6. The molecule has 2 aromatic rings. The van der Waals surface area contributed by atoms with Crippen LogP contribution in [0.1, 0.15) is 29.9 Å². The maximum atomic E-state index is 14.6. The topological polar surface area (TPSA) is 180 Å². The number of hydrogen-bond donors (Lipinski definition) is 4. The molecule has 4 heterocycles. The summed E-state index contributed by atoms with van der Waals surface area (Å²) in [5.74, 6) is -14.5. The summed E-state index contributed by atoms with van der Waals surface area (Å²) < 4.78 is 67.3. The van der Waals surface area contributed by atoms with Gasteiger partial charge < -0.3 is 35.2 Å². The van der Waals surface area contributed by atoms with Crippen LogP contribution < -0.4 is 10.6 Å². The molecule has 0 spiro atoms. The van der Waals surface area contributed by atoms with E-state index in [0.29, 0.717) is 0 Å². The summed E-state index contributed by atoms with van der Waals surface area (Å²) in [5, 5.41) is 25.8. The van der Waals surface area contributed by atoms with Crippen molar-refractivity contribution < 1.29 is 56.4 Å². The lowest BCUT2D eigenvalue weighted by Crippen LogP contribution is -2.62. The smallest absolute Gasteiger partial charge is 0.329 e. The van der Waals surface area contributed by atoms with Crippen LogP contribution in [0.3, 0.4) is 0 Å². The van der Waals surface area contributed by atoms with Crippen LogP contribution >= 0.6 is 0 Å². The number of aliphatic hydroxyl groups excluding tert-OH is 1. The van der Waals surface area contributed by atoms with E-state index in [9.17, 15) is 47.0 Å². The fourth-order valence-corrected chi connectivity index (χ4v) is 4.99. The Morgan fingerprint density at radius 2 is 1.82 bits per heavy atom. The van der Waals surface area contributed by atoms with Gasteiger partial charge in [-0.05, 0) is 19.1 Å². The average molecular weight is 628 g/mol. The molecule has 238 valence electrons. The highest BCUT2D eigenvalue weighted by molar-refractivity contribution is 5.98. The molecule has 0 saturated carbocycles. The third-order valence-electron chi connectivity index (χ3n) is 7.61. The van der Waals surface area contributed by atoms with Crippen molar-refractivity contribution in [3.63, 3.8) is 0 Å². The number of aromatic hydroxyl groups is 1. The molecular weight excluding hydrogens is 598 g/mol. The number of pyridine rings is 2. The molecule has 1 unspecified atom stereocenters. The van der Waals surface area contributed by atoms with Crippen LogP contribution in [0.25, 0.3) is 0 Å². The first-order chi connectivity index (χ1) is 20.7. The highest BCUT2D eigenvalue weighted by Gasteiger charge is 2.45. The predicted molar refractivity (Wildman–Crippen MR) is 138 cm³/mol. The normalized spacial score (nSPS) is 27.0. The Kier molecular flexibility index (Phi) is 9.68. The lowest BCUT2D eigenvalue weighted by Gasteiger charge is -2.41. The highest BCUT2D eigenvalue weighted by atomic mass is 19.2. The molecule has 0 bridgehead atoms. The quantitative estimate of drug-likeness (QED) is 0.200. The van der Waals surface area contributed by atoms with E-state index in [1.807, 2.05) is 0 Å². The zero-order valence-electron chi connectivity index (χ0n) is 23.6. The largest absolute Gasteiger partial charge is 0.505 e. The number of rotatable bonds is 5. The fraction of sp³-hybridized carbons (Fsp3) is 0.481. The van der Waals surface area contributed by atoms with Gasteiger partial charge in [0, 0.05) is 31.1 Å². The van der Waals surface area contributed by atoms with E-state index in [2.05, 4.69) is 20.6 Å². The van der Waals surface area contributed by atoms with Crippen molar-refractivity contribution >= 4 is 23.7 Å².